The van der Waals surface area contributed by atoms with Crippen LogP contribution in [0.5, 0.6) is 0 Å². The number of halogens is 1. The first kappa shape index (κ1) is 21.1. The van der Waals surface area contributed by atoms with E-state index in [4.69, 9.17) is 0 Å². The molecule has 0 unspecified atom stereocenters. The van der Waals surface area contributed by atoms with Crippen molar-refractivity contribution in [3.8, 4) is 17.1 Å². The summed E-state index contributed by atoms with van der Waals surface area (Å²) in [5.41, 5.74) is 1.01. The normalized spacial score (nSPS) is 10.7. The maximum atomic E-state index is 13.3. The third-order valence-electron chi connectivity index (χ3n) is 4.35. The van der Waals surface area contributed by atoms with Gasteiger partial charge in [-0.25, -0.2) is 4.39 Å². The highest BCUT2D eigenvalue weighted by molar-refractivity contribution is 7.99. The summed E-state index contributed by atoms with van der Waals surface area (Å²) in [5, 5.41) is 22.5. The SMILES string of the molecule is O=C(CSc1nnc(-c2ccncc2)n1-c1ccccc1)Nc1ccc(F)cc1[N+](=O)[O-]. The number of pyridine rings is 1. The van der Waals surface area contributed by atoms with Crippen molar-refractivity contribution in [2.45, 2.75) is 5.16 Å². The first-order valence-corrected chi connectivity index (χ1v) is 10.3. The molecule has 1 N–H and O–H groups in total. The van der Waals surface area contributed by atoms with E-state index >= 15 is 0 Å². The molecule has 0 radical (unpaired) electrons. The molecule has 0 aliphatic heterocycles. The molecular formula is C21H15FN6O3S. The predicted molar refractivity (Wildman–Crippen MR) is 117 cm³/mol. The fourth-order valence-electron chi connectivity index (χ4n) is 2.94. The average Bonchev–Trinajstić information content (AvgIpc) is 3.24. The van der Waals surface area contributed by atoms with Crippen molar-refractivity contribution in [2.75, 3.05) is 11.1 Å². The smallest absolute Gasteiger partial charge is 0.295 e. The van der Waals surface area contributed by atoms with Gasteiger partial charge in [0.1, 0.15) is 11.5 Å². The van der Waals surface area contributed by atoms with E-state index in [0.717, 1.165) is 41.2 Å². The van der Waals surface area contributed by atoms with E-state index in [0.29, 0.717) is 11.0 Å². The van der Waals surface area contributed by atoms with Gasteiger partial charge in [-0.15, -0.1) is 10.2 Å². The molecule has 4 aromatic rings. The van der Waals surface area contributed by atoms with E-state index in [-0.39, 0.29) is 11.4 Å². The number of hydrogen-bond donors (Lipinski definition) is 1. The van der Waals surface area contributed by atoms with Crippen LogP contribution >= 0.6 is 11.8 Å². The van der Waals surface area contributed by atoms with Crippen LogP contribution in [0.1, 0.15) is 0 Å². The standard InChI is InChI=1S/C21H15FN6O3S/c22-15-6-7-17(18(12-15)28(30)31)24-19(29)13-32-21-26-25-20(14-8-10-23-11-9-14)27(21)16-4-2-1-3-5-16/h1-12H,13H2,(H,24,29). The number of rotatable bonds is 7. The number of carbonyl (C=O) groups excluding carboxylic acids is 1. The first-order chi connectivity index (χ1) is 15.5. The number of aromatic nitrogens is 4. The molecule has 0 fully saturated rings. The first-order valence-electron chi connectivity index (χ1n) is 9.31. The number of hydrogen-bond acceptors (Lipinski definition) is 7. The summed E-state index contributed by atoms with van der Waals surface area (Å²) in [7, 11) is 0. The van der Waals surface area contributed by atoms with Crippen molar-refractivity contribution >= 4 is 29.0 Å². The van der Waals surface area contributed by atoms with Gasteiger partial charge in [-0.1, -0.05) is 30.0 Å². The Kier molecular flexibility index (Phi) is 6.17. The van der Waals surface area contributed by atoms with Gasteiger partial charge in [0, 0.05) is 23.6 Å². The van der Waals surface area contributed by atoms with Gasteiger partial charge in [0.2, 0.25) is 5.91 Å². The maximum Gasteiger partial charge on any atom is 0.295 e. The highest BCUT2D eigenvalue weighted by Gasteiger charge is 2.20. The summed E-state index contributed by atoms with van der Waals surface area (Å²) in [6.07, 6.45) is 3.30. The van der Waals surface area contributed by atoms with Crippen LogP contribution in [0.25, 0.3) is 17.1 Å². The molecule has 0 saturated heterocycles. The predicted octanol–water partition coefficient (Wildman–Crippen LogP) is 4.11. The number of nitro benzene ring substituents is 1. The van der Waals surface area contributed by atoms with E-state index in [1.807, 2.05) is 34.9 Å². The topological polar surface area (TPSA) is 116 Å². The summed E-state index contributed by atoms with van der Waals surface area (Å²) in [6.45, 7) is 0. The van der Waals surface area contributed by atoms with Crippen molar-refractivity contribution in [3.05, 3.63) is 89.0 Å². The van der Waals surface area contributed by atoms with Gasteiger partial charge < -0.3 is 5.32 Å². The van der Waals surface area contributed by atoms with Gasteiger partial charge in [0.25, 0.3) is 5.69 Å². The summed E-state index contributed by atoms with van der Waals surface area (Å²) in [6, 6.07) is 16.0. The molecule has 1 amide bonds. The molecule has 0 aliphatic carbocycles. The van der Waals surface area contributed by atoms with Crippen LogP contribution in [0, 0.1) is 15.9 Å². The second kappa shape index (κ2) is 9.35. The molecule has 0 spiro atoms. The van der Waals surface area contributed by atoms with E-state index in [2.05, 4.69) is 20.5 Å². The summed E-state index contributed by atoms with van der Waals surface area (Å²) < 4.78 is 15.1. The third-order valence-corrected chi connectivity index (χ3v) is 5.28. The van der Waals surface area contributed by atoms with Crippen LogP contribution in [0.15, 0.2) is 78.2 Å². The molecule has 4 rings (SSSR count). The number of anilines is 1. The van der Waals surface area contributed by atoms with Gasteiger partial charge in [-0.3, -0.25) is 24.5 Å². The quantitative estimate of drug-likeness (QED) is 0.256. The van der Waals surface area contributed by atoms with Crippen molar-refractivity contribution < 1.29 is 14.1 Å². The average molecular weight is 450 g/mol. The number of nitrogens with zero attached hydrogens (tertiary/aromatic N) is 5. The Hall–Kier alpha value is -4.12. The molecule has 11 heteroatoms. The maximum absolute atomic E-state index is 13.3. The van der Waals surface area contributed by atoms with E-state index < -0.39 is 22.3 Å². The van der Waals surface area contributed by atoms with Gasteiger partial charge in [0.15, 0.2) is 11.0 Å². The molecule has 0 aliphatic rings. The highest BCUT2D eigenvalue weighted by atomic mass is 32.2. The molecule has 0 atom stereocenters. The number of amides is 1. The third kappa shape index (κ3) is 4.62. The Labute approximate surface area is 185 Å². The molecule has 0 saturated carbocycles. The van der Waals surface area contributed by atoms with Crippen LogP contribution in [0.2, 0.25) is 0 Å². The lowest BCUT2D eigenvalue weighted by molar-refractivity contribution is -0.384. The lowest BCUT2D eigenvalue weighted by Crippen LogP contribution is -2.15. The van der Waals surface area contributed by atoms with Crippen molar-refractivity contribution in [2.24, 2.45) is 0 Å². The zero-order valence-corrected chi connectivity index (χ0v) is 17.2. The Morgan fingerprint density at radius 1 is 1.09 bits per heavy atom. The minimum Gasteiger partial charge on any atom is -0.320 e. The van der Waals surface area contributed by atoms with Crippen molar-refractivity contribution in [3.63, 3.8) is 0 Å². The number of nitrogens with one attached hydrogen (secondary N) is 1. The van der Waals surface area contributed by atoms with Gasteiger partial charge in [0.05, 0.1) is 16.7 Å². The lowest BCUT2D eigenvalue weighted by Gasteiger charge is -2.10. The Balaban J connectivity index is 1.57. The summed E-state index contributed by atoms with van der Waals surface area (Å²) in [5.74, 6) is -0.771. The molecule has 2 aromatic carbocycles. The largest absolute Gasteiger partial charge is 0.320 e. The van der Waals surface area contributed by atoms with Crippen LogP contribution in [0.4, 0.5) is 15.8 Å². The minimum atomic E-state index is -0.760. The second-order valence-electron chi connectivity index (χ2n) is 6.47. The second-order valence-corrected chi connectivity index (χ2v) is 7.41. The van der Waals surface area contributed by atoms with Crippen molar-refractivity contribution in [1.82, 2.24) is 19.7 Å². The Bertz CT molecular complexity index is 1270. The Morgan fingerprint density at radius 3 is 2.56 bits per heavy atom. The summed E-state index contributed by atoms with van der Waals surface area (Å²) >= 11 is 1.12. The number of thioether (sulfide) groups is 1. The number of carbonyl (C=O) groups is 1. The number of nitro groups is 1. The monoisotopic (exact) mass is 450 g/mol. The molecule has 32 heavy (non-hydrogen) atoms. The van der Waals surface area contributed by atoms with Gasteiger partial charge in [-0.05, 0) is 36.4 Å². The van der Waals surface area contributed by atoms with E-state index in [1.54, 1.807) is 24.5 Å². The molecular weight excluding hydrogens is 435 g/mol. The van der Waals surface area contributed by atoms with Crippen LogP contribution in [-0.4, -0.2) is 36.3 Å². The Morgan fingerprint density at radius 2 is 1.84 bits per heavy atom. The number of para-hydroxylation sites is 1. The molecule has 160 valence electrons. The van der Waals surface area contributed by atoms with Gasteiger partial charge >= 0.3 is 0 Å². The molecule has 2 aromatic heterocycles. The molecule has 0 bridgehead atoms. The van der Waals surface area contributed by atoms with E-state index in [9.17, 15) is 19.3 Å². The zero-order valence-electron chi connectivity index (χ0n) is 16.4. The fraction of sp³-hybridized carbons (Fsp3) is 0.0476. The fourth-order valence-corrected chi connectivity index (χ4v) is 3.69. The van der Waals surface area contributed by atoms with E-state index in [1.165, 1.54) is 0 Å². The van der Waals surface area contributed by atoms with Gasteiger partial charge in [-0.2, -0.15) is 0 Å². The zero-order chi connectivity index (χ0) is 22.5. The van der Waals surface area contributed by atoms with Crippen LogP contribution < -0.4 is 5.32 Å². The molecule has 9 nitrogen and oxygen atoms in total. The van der Waals surface area contributed by atoms with Crippen LogP contribution in [0.3, 0.4) is 0 Å². The summed E-state index contributed by atoms with van der Waals surface area (Å²) in [4.78, 5) is 26.9. The molecule has 2 heterocycles. The highest BCUT2D eigenvalue weighted by Crippen LogP contribution is 2.29. The van der Waals surface area contributed by atoms with Crippen LogP contribution in [-0.2, 0) is 4.79 Å². The van der Waals surface area contributed by atoms with Crippen molar-refractivity contribution in [1.29, 1.82) is 0 Å². The number of benzene rings is 2. The lowest BCUT2D eigenvalue weighted by atomic mass is 10.2. The minimum absolute atomic E-state index is 0.0796.